The molecule has 1 aromatic carbocycles. The lowest BCUT2D eigenvalue weighted by Gasteiger charge is -2.24. The number of ether oxygens (including phenoxy) is 2. The average Bonchev–Trinajstić information content (AvgIpc) is 3.19. The van der Waals surface area contributed by atoms with E-state index in [9.17, 15) is 19.2 Å². The number of fused-ring (bicyclic) bond motifs is 1. The van der Waals surface area contributed by atoms with Crippen LogP contribution in [0.5, 0.6) is 11.5 Å². The molecular formula is C22H27N5O6. The fourth-order valence-electron chi connectivity index (χ4n) is 4.15. The van der Waals surface area contributed by atoms with Crippen LogP contribution < -0.4 is 36.3 Å². The van der Waals surface area contributed by atoms with Gasteiger partial charge in [0.05, 0.1) is 5.92 Å². The molecule has 0 saturated carbocycles. The van der Waals surface area contributed by atoms with Crippen LogP contribution in [0.25, 0.3) is 0 Å². The molecule has 0 unspecified atom stereocenters. The number of hydrogen-bond acceptors (Lipinski definition) is 7. The second-order valence-corrected chi connectivity index (χ2v) is 8.13. The number of benzene rings is 1. The van der Waals surface area contributed by atoms with E-state index in [0.717, 1.165) is 11.3 Å². The zero-order chi connectivity index (χ0) is 23.7. The number of rotatable bonds is 6. The van der Waals surface area contributed by atoms with Gasteiger partial charge in [-0.25, -0.2) is 4.79 Å². The number of nitrogens with one attached hydrogen (secondary N) is 1. The molecule has 2 aromatic rings. The van der Waals surface area contributed by atoms with Gasteiger partial charge in [-0.1, -0.05) is 13.3 Å². The van der Waals surface area contributed by atoms with Crippen LogP contribution in [0.1, 0.15) is 26.2 Å². The first-order valence-corrected chi connectivity index (χ1v) is 10.9. The molecule has 3 N–H and O–H groups in total. The molecule has 0 spiro atoms. The lowest BCUT2D eigenvalue weighted by atomic mass is 10.1. The fourth-order valence-corrected chi connectivity index (χ4v) is 4.15. The zero-order valence-electron chi connectivity index (χ0n) is 18.6. The number of hydrogen-bond donors (Lipinski definition) is 2. The van der Waals surface area contributed by atoms with Crippen LogP contribution in [0.2, 0.25) is 0 Å². The minimum absolute atomic E-state index is 0.00903. The highest BCUT2D eigenvalue weighted by Crippen LogP contribution is 2.36. The highest BCUT2D eigenvalue weighted by atomic mass is 16.6. The zero-order valence-corrected chi connectivity index (χ0v) is 18.6. The molecule has 2 amide bonds. The number of nitrogen functional groups attached to an aromatic ring is 1. The van der Waals surface area contributed by atoms with Gasteiger partial charge >= 0.3 is 5.69 Å². The SMILES string of the molecule is CCCCn1c(N)c(N(C)C(=O)[C@@H]2CC(=O)N(c3ccc4c(c3)OCCO4)C2)c(=O)[nH]c1=O. The van der Waals surface area contributed by atoms with Gasteiger partial charge in [-0.2, -0.15) is 0 Å². The predicted molar refractivity (Wildman–Crippen MR) is 122 cm³/mol. The molecule has 11 heteroatoms. The number of nitrogens with zero attached hydrogens (tertiary/aromatic N) is 3. The number of carbonyl (C=O) groups is 2. The Balaban J connectivity index is 1.56. The first-order valence-electron chi connectivity index (χ1n) is 10.9. The van der Waals surface area contributed by atoms with E-state index in [2.05, 4.69) is 4.98 Å². The number of aromatic amines is 1. The van der Waals surface area contributed by atoms with Crippen LogP contribution in [0, 0.1) is 5.92 Å². The quantitative estimate of drug-likeness (QED) is 0.651. The van der Waals surface area contributed by atoms with E-state index in [1.807, 2.05) is 6.92 Å². The average molecular weight is 457 g/mol. The third-order valence-corrected chi connectivity index (χ3v) is 5.93. The van der Waals surface area contributed by atoms with Gasteiger partial charge in [0.2, 0.25) is 11.8 Å². The third kappa shape index (κ3) is 4.18. The highest BCUT2D eigenvalue weighted by molar-refractivity contribution is 6.05. The first kappa shape index (κ1) is 22.4. The van der Waals surface area contributed by atoms with Gasteiger partial charge in [0.25, 0.3) is 5.56 Å². The normalized spacial score (nSPS) is 17.3. The molecule has 0 bridgehead atoms. The van der Waals surface area contributed by atoms with Crippen LogP contribution in [0.3, 0.4) is 0 Å². The van der Waals surface area contributed by atoms with E-state index in [-0.39, 0.29) is 30.4 Å². The van der Waals surface area contributed by atoms with Crippen molar-refractivity contribution in [3.63, 3.8) is 0 Å². The maximum Gasteiger partial charge on any atom is 0.330 e. The van der Waals surface area contributed by atoms with Crippen molar-refractivity contribution in [2.24, 2.45) is 5.92 Å². The number of amides is 2. The standard InChI is InChI=1S/C22H27N5O6/c1-3-4-7-26-19(23)18(20(29)24-22(26)31)25(2)21(30)13-10-17(28)27(12-13)14-5-6-15-16(11-14)33-9-8-32-15/h5-6,11,13H,3-4,7-10,12,23H2,1-2H3,(H,24,29,31)/t13-/m1/s1. The van der Waals surface area contributed by atoms with Crippen LogP contribution in [0.4, 0.5) is 17.2 Å². The van der Waals surface area contributed by atoms with Gasteiger partial charge in [-0.15, -0.1) is 0 Å². The van der Waals surface area contributed by atoms with Crippen LogP contribution >= 0.6 is 0 Å². The Morgan fingerprint density at radius 2 is 1.94 bits per heavy atom. The number of carbonyl (C=O) groups excluding carboxylic acids is 2. The van der Waals surface area contributed by atoms with Gasteiger partial charge in [-0.3, -0.25) is 23.9 Å². The molecule has 0 radical (unpaired) electrons. The van der Waals surface area contributed by atoms with Gasteiger partial charge in [0.1, 0.15) is 19.0 Å². The molecule has 176 valence electrons. The summed E-state index contributed by atoms with van der Waals surface area (Å²) in [6.45, 7) is 3.33. The number of anilines is 3. The molecule has 4 rings (SSSR count). The van der Waals surface area contributed by atoms with E-state index in [4.69, 9.17) is 15.2 Å². The third-order valence-electron chi connectivity index (χ3n) is 5.93. The van der Waals surface area contributed by atoms with Crippen LogP contribution in [0.15, 0.2) is 27.8 Å². The predicted octanol–water partition coefficient (Wildman–Crippen LogP) is 0.706. The van der Waals surface area contributed by atoms with Gasteiger partial charge in [-0.05, 0) is 18.6 Å². The Kier molecular flexibility index (Phi) is 6.12. The molecule has 1 saturated heterocycles. The van der Waals surface area contributed by atoms with Crippen molar-refractivity contribution in [1.29, 1.82) is 0 Å². The summed E-state index contributed by atoms with van der Waals surface area (Å²) in [5, 5.41) is 0. The van der Waals surface area contributed by atoms with Crippen LogP contribution in [-0.4, -0.2) is 48.2 Å². The Hall–Kier alpha value is -3.76. The minimum atomic E-state index is -0.742. The number of aromatic nitrogens is 2. The molecular weight excluding hydrogens is 430 g/mol. The summed E-state index contributed by atoms with van der Waals surface area (Å²) in [5.74, 6) is -0.231. The molecule has 1 fully saturated rings. The van der Waals surface area contributed by atoms with E-state index in [1.165, 1.54) is 16.5 Å². The molecule has 1 aromatic heterocycles. The summed E-state index contributed by atoms with van der Waals surface area (Å²) in [6.07, 6.45) is 1.51. The van der Waals surface area contributed by atoms with E-state index in [1.54, 1.807) is 18.2 Å². The molecule has 2 aliphatic rings. The molecule has 3 heterocycles. The van der Waals surface area contributed by atoms with Crippen molar-refractivity contribution in [3.05, 3.63) is 39.0 Å². The van der Waals surface area contributed by atoms with Crippen molar-refractivity contribution in [2.45, 2.75) is 32.7 Å². The number of unbranched alkanes of at least 4 members (excludes halogenated alkanes) is 1. The summed E-state index contributed by atoms with van der Waals surface area (Å²) in [6, 6.07) is 5.20. The summed E-state index contributed by atoms with van der Waals surface area (Å²) in [7, 11) is 1.43. The molecule has 1 atom stereocenters. The van der Waals surface area contributed by atoms with Gasteiger partial charge in [0, 0.05) is 38.3 Å². The van der Waals surface area contributed by atoms with Crippen molar-refractivity contribution in [1.82, 2.24) is 9.55 Å². The Morgan fingerprint density at radius 3 is 2.67 bits per heavy atom. The maximum atomic E-state index is 13.2. The van der Waals surface area contributed by atoms with Crippen molar-refractivity contribution < 1.29 is 19.1 Å². The smallest absolute Gasteiger partial charge is 0.330 e. The summed E-state index contributed by atoms with van der Waals surface area (Å²) >= 11 is 0. The van der Waals surface area contributed by atoms with E-state index in [0.29, 0.717) is 43.4 Å². The first-order chi connectivity index (χ1) is 15.8. The highest BCUT2D eigenvalue weighted by Gasteiger charge is 2.38. The second-order valence-electron chi connectivity index (χ2n) is 8.13. The fraction of sp³-hybridized carbons (Fsp3) is 0.455. The molecule has 0 aliphatic carbocycles. The van der Waals surface area contributed by atoms with Crippen molar-refractivity contribution in [2.75, 3.05) is 42.3 Å². The van der Waals surface area contributed by atoms with Gasteiger partial charge < -0.3 is 25.0 Å². The minimum Gasteiger partial charge on any atom is -0.486 e. The summed E-state index contributed by atoms with van der Waals surface area (Å²) in [5.41, 5.74) is 5.27. The van der Waals surface area contributed by atoms with Crippen LogP contribution in [-0.2, 0) is 16.1 Å². The topological polar surface area (TPSA) is 140 Å². The molecule has 33 heavy (non-hydrogen) atoms. The largest absolute Gasteiger partial charge is 0.486 e. The molecule has 2 aliphatic heterocycles. The lowest BCUT2D eigenvalue weighted by Crippen LogP contribution is -2.42. The Labute approximate surface area is 189 Å². The summed E-state index contributed by atoms with van der Waals surface area (Å²) < 4.78 is 12.4. The summed E-state index contributed by atoms with van der Waals surface area (Å²) in [4.78, 5) is 55.5. The van der Waals surface area contributed by atoms with E-state index >= 15 is 0 Å². The second kappa shape index (κ2) is 9.00. The van der Waals surface area contributed by atoms with E-state index < -0.39 is 23.1 Å². The molecule has 11 nitrogen and oxygen atoms in total. The Morgan fingerprint density at radius 1 is 1.21 bits per heavy atom. The monoisotopic (exact) mass is 457 g/mol. The number of nitrogens with two attached hydrogens (primary N) is 1. The van der Waals surface area contributed by atoms with Crippen molar-refractivity contribution in [3.8, 4) is 11.5 Å². The van der Waals surface area contributed by atoms with Gasteiger partial charge in [0.15, 0.2) is 17.2 Å². The maximum absolute atomic E-state index is 13.2. The lowest BCUT2D eigenvalue weighted by molar-refractivity contribution is -0.124. The Bertz CT molecular complexity index is 1200. The van der Waals surface area contributed by atoms with Crippen molar-refractivity contribution >= 4 is 29.0 Å². The number of H-pyrrole nitrogens is 1.